The number of hydrogen-bond donors (Lipinski definition) is 4. The second-order valence-electron chi connectivity index (χ2n) is 13.9. The first-order chi connectivity index (χ1) is 28.5. The summed E-state index contributed by atoms with van der Waals surface area (Å²) in [7, 11) is -4.76. The van der Waals surface area contributed by atoms with E-state index in [4.69, 9.17) is 24.8 Å². The zero-order valence-corrected chi connectivity index (χ0v) is 36.6. The summed E-state index contributed by atoms with van der Waals surface area (Å²) in [5.74, 6) is -2.56. The van der Waals surface area contributed by atoms with E-state index in [0.29, 0.717) is 25.7 Å². The summed E-state index contributed by atoms with van der Waals surface area (Å²) in [6.07, 6.45) is 46.7. The van der Waals surface area contributed by atoms with Crippen LogP contribution < -0.4 is 5.73 Å². The molecule has 0 saturated heterocycles. The van der Waals surface area contributed by atoms with Crippen molar-refractivity contribution in [2.45, 2.75) is 154 Å². The molecule has 2 unspecified atom stereocenters. The maximum atomic E-state index is 12.6. The summed E-state index contributed by atoms with van der Waals surface area (Å²) in [6.45, 7) is 2.43. The molecule has 334 valence electrons. The van der Waals surface area contributed by atoms with Gasteiger partial charge in [0.05, 0.1) is 19.3 Å². The van der Waals surface area contributed by atoms with Gasteiger partial charge < -0.3 is 30.3 Å². The lowest BCUT2D eigenvalue weighted by Gasteiger charge is -2.20. The van der Waals surface area contributed by atoms with Gasteiger partial charge in [0.1, 0.15) is 12.6 Å². The average molecular weight is 848 g/mol. The molecule has 0 bridgehead atoms. The quantitative estimate of drug-likeness (QED) is 0.0151. The van der Waals surface area contributed by atoms with Crippen molar-refractivity contribution >= 4 is 25.7 Å². The Hall–Kier alpha value is -3.64. The van der Waals surface area contributed by atoms with E-state index in [1.54, 1.807) is 6.08 Å². The summed E-state index contributed by atoms with van der Waals surface area (Å²) in [6, 6.07) is -1.55. The molecule has 0 saturated carbocycles. The fourth-order valence-corrected chi connectivity index (χ4v) is 5.80. The molecule has 0 heterocycles. The molecule has 59 heavy (non-hydrogen) atoms. The molecule has 13 heteroatoms. The minimum Gasteiger partial charge on any atom is -0.480 e. The van der Waals surface area contributed by atoms with Crippen molar-refractivity contribution < 1.29 is 52.6 Å². The number of aliphatic hydroxyl groups excluding tert-OH is 1. The van der Waals surface area contributed by atoms with Gasteiger partial charge in [-0.2, -0.15) is 0 Å². The first kappa shape index (κ1) is 55.4. The Morgan fingerprint density at radius 1 is 0.627 bits per heavy atom. The lowest BCUT2D eigenvalue weighted by molar-refractivity contribution is -0.161. The van der Waals surface area contributed by atoms with Crippen LogP contribution in [0.4, 0.5) is 0 Å². The average Bonchev–Trinajstić information content (AvgIpc) is 3.20. The molecule has 0 aliphatic rings. The molecule has 4 atom stereocenters. The van der Waals surface area contributed by atoms with Crippen molar-refractivity contribution in [2.75, 3.05) is 19.8 Å². The third-order valence-electron chi connectivity index (χ3n) is 8.41. The summed E-state index contributed by atoms with van der Waals surface area (Å²) in [5.41, 5.74) is 5.32. The van der Waals surface area contributed by atoms with Gasteiger partial charge in [0, 0.05) is 12.8 Å². The molecule has 0 spiro atoms. The van der Waals surface area contributed by atoms with E-state index in [1.807, 2.05) is 42.5 Å². The van der Waals surface area contributed by atoms with Gasteiger partial charge in [-0.1, -0.05) is 143 Å². The fourth-order valence-electron chi connectivity index (χ4n) is 5.02. The van der Waals surface area contributed by atoms with Crippen LogP contribution in [0.2, 0.25) is 0 Å². The Morgan fingerprint density at radius 3 is 1.81 bits per heavy atom. The van der Waals surface area contributed by atoms with Gasteiger partial charge in [-0.3, -0.25) is 23.4 Å². The number of carboxylic acids is 1. The lowest BCUT2D eigenvalue weighted by Crippen LogP contribution is -2.34. The summed E-state index contributed by atoms with van der Waals surface area (Å²) in [4.78, 5) is 45.9. The molecule has 5 N–H and O–H groups in total. The number of hydrogen-bond acceptors (Lipinski definition) is 10. The van der Waals surface area contributed by atoms with Crippen molar-refractivity contribution in [3.05, 3.63) is 97.2 Å². The number of carbonyl (C=O) groups is 3. The van der Waals surface area contributed by atoms with Gasteiger partial charge in [-0.15, -0.1) is 0 Å². The molecule has 0 rings (SSSR count). The smallest absolute Gasteiger partial charge is 0.472 e. The van der Waals surface area contributed by atoms with Gasteiger partial charge in [-0.25, -0.2) is 4.57 Å². The second-order valence-corrected chi connectivity index (χ2v) is 15.4. The first-order valence-corrected chi connectivity index (χ1v) is 22.9. The van der Waals surface area contributed by atoms with Gasteiger partial charge in [0.25, 0.3) is 0 Å². The van der Waals surface area contributed by atoms with E-state index >= 15 is 0 Å². The Balaban J connectivity index is 4.59. The van der Waals surface area contributed by atoms with E-state index in [-0.39, 0.29) is 12.8 Å². The number of phosphoric ester groups is 1. The molecule has 0 aliphatic carbocycles. The molecule has 0 aliphatic heterocycles. The highest BCUT2D eigenvalue weighted by atomic mass is 31.2. The van der Waals surface area contributed by atoms with Crippen LogP contribution in [0.5, 0.6) is 0 Å². The number of allylic oxidation sites excluding steroid dienone is 14. The van der Waals surface area contributed by atoms with Crippen molar-refractivity contribution in [1.82, 2.24) is 0 Å². The second kappa shape index (κ2) is 39.8. The van der Waals surface area contributed by atoms with E-state index in [0.717, 1.165) is 64.2 Å². The number of carboxylic acid groups (broad SMARTS) is 1. The molecule has 12 nitrogen and oxygen atoms in total. The van der Waals surface area contributed by atoms with Crippen molar-refractivity contribution in [3.63, 3.8) is 0 Å². The molecule has 0 aromatic carbocycles. The summed E-state index contributed by atoms with van der Waals surface area (Å²) in [5, 5.41) is 18.7. The maximum Gasteiger partial charge on any atom is 0.472 e. The van der Waals surface area contributed by atoms with Gasteiger partial charge in [0.15, 0.2) is 6.10 Å². The Kier molecular flexibility index (Phi) is 37.3. The third-order valence-corrected chi connectivity index (χ3v) is 9.36. The molecule has 0 aromatic heterocycles. The highest BCUT2D eigenvalue weighted by Crippen LogP contribution is 2.43. The topological polar surface area (TPSA) is 192 Å². The zero-order valence-electron chi connectivity index (χ0n) is 35.7. The number of carbonyl (C=O) groups excluding carboxylic acids is 2. The van der Waals surface area contributed by atoms with Crippen LogP contribution in [0, 0.1) is 0 Å². The Morgan fingerprint density at radius 2 is 1.19 bits per heavy atom. The van der Waals surface area contributed by atoms with Crippen molar-refractivity contribution in [2.24, 2.45) is 5.73 Å². The van der Waals surface area contributed by atoms with Gasteiger partial charge >= 0.3 is 25.7 Å². The van der Waals surface area contributed by atoms with Crippen LogP contribution >= 0.6 is 7.82 Å². The van der Waals surface area contributed by atoms with E-state index < -0.39 is 63.8 Å². The molecule has 0 amide bonds. The Labute approximate surface area is 354 Å². The monoisotopic (exact) mass is 847 g/mol. The molecule has 0 aromatic rings. The van der Waals surface area contributed by atoms with E-state index in [2.05, 4.69) is 67.0 Å². The number of ether oxygens (including phenoxy) is 2. The van der Waals surface area contributed by atoms with E-state index in [1.165, 1.54) is 19.3 Å². The number of unbranched alkanes of at least 4 members (excludes halogenated alkanes) is 8. The predicted octanol–water partition coefficient (Wildman–Crippen LogP) is 10.2. The molecular formula is C46H74NO11P. The van der Waals surface area contributed by atoms with Crippen LogP contribution in [0.25, 0.3) is 0 Å². The van der Waals surface area contributed by atoms with E-state index in [9.17, 15) is 28.9 Å². The predicted molar refractivity (Wildman–Crippen MR) is 236 cm³/mol. The number of phosphoric acid groups is 1. The van der Waals surface area contributed by atoms with Crippen molar-refractivity contribution in [1.29, 1.82) is 0 Å². The van der Waals surface area contributed by atoms with Gasteiger partial charge in [0.2, 0.25) is 0 Å². The molecular weight excluding hydrogens is 773 g/mol. The number of aliphatic carboxylic acids is 1. The lowest BCUT2D eigenvalue weighted by atomic mass is 10.1. The van der Waals surface area contributed by atoms with Crippen LogP contribution in [0.15, 0.2) is 97.2 Å². The number of aliphatic hydroxyl groups is 1. The highest BCUT2D eigenvalue weighted by molar-refractivity contribution is 7.47. The minimum atomic E-state index is -4.76. The first-order valence-electron chi connectivity index (χ1n) is 21.4. The Bertz CT molecular complexity index is 1380. The van der Waals surface area contributed by atoms with Crippen LogP contribution in [-0.2, 0) is 37.5 Å². The standard InChI is InChI=1S/C46H74NO11P/c1-3-5-7-8-9-10-11-12-13-14-15-16-17-18-19-22-26-29-33-37-45(50)58-42(39-56-59(53,54)57-40-43(47)46(51)52)38-55-44(49)36-32-28-25-23-20-21-24-27-31-35-41(48)34-30-6-4-2/h6,9-10,12-13,15-16,18-19,24,26-27,29-31,35,41-43,48H,3-5,7-8,11,14,17,20-23,25,28,32-34,36-40,47H2,1-2H3,(H,51,52)(H,53,54)/b10-9-,13-12-,16-15-,19-18-,27-24+,29-26-,30-6+,35-31+/t41?,42-,43+/m1/s1. The minimum absolute atomic E-state index is 0.0167. The molecule has 0 radical (unpaired) electrons. The van der Waals surface area contributed by atoms with Crippen molar-refractivity contribution in [3.8, 4) is 0 Å². The SMILES string of the molecule is CC/C=C/CC(O)/C=C/C=C/CCCCCCCC(=O)OC[C@H](COP(=O)(O)OC[C@H](N)C(=O)O)OC(=O)CC/C=C\C/C=C\C/C=C\C/C=C\C/C=C\CCCCC. The number of rotatable bonds is 38. The summed E-state index contributed by atoms with van der Waals surface area (Å²) < 4.78 is 32.5. The zero-order chi connectivity index (χ0) is 43.7. The summed E-state index contributed by atoms with van der Waals surface area (Å²) >= 11 is 0. The normalized spacial score (nSPS) is 15.2. The fraction of sp³-hybridized carbons (Fsp3) is 0.587. The molecule has 0 fully saturated rings. The largest absolute Gasteiger partial charge is 0.480 e. The van der Waals surface area contributed by atoms with Crippen LogP contribution in [0.3, 0.4) is 0 Å². The maximum absolute atomic E-state index is 12.6. The third kappa shape index (κ3) is 39.6. The van der Waals surface area contributed by atoms with Gasteiger partial charge in [-0.05, 0) is 77.0 Å². The number of esters is 2. The number of nitrogens with two attached hydrogens (primary N) is 1. The highest BCUT2D eigenvalue weighted by Gasteiger charge is 2.28. The van der Waals surface area contributed by atoms with Crippen LogP contribution in [-0.4, -0.2) is 71.1 Å². The van der Waals surface area contributed by atoms with Crippen LogP contribution in [0.1, 0.15) is 136 Å².